The zero-order valence-corrected chi connectivity index (χ0v) is 10.7. The van der Waals surface area contributed by atoms with Crippen LogP contribution in [0.1, 0.15) is 26.4 Å². The zero-order chi connectivity index (χ0) is 15.6. The number of aryl methyl sites for hydroxylation is 1. The highest BCUT2D eigenvalue weighted by molar-refractivity contribution is 6.06. The Morgan fingerprint density at radius 1 is 1.19 bits per heavy atom. The molecule has 0 atom stereocenters. The topological polar surface area (TPSA) is 92.2 Å². The summed E-state index contributed by atoms with van der Waals surface area (Å²) in [4.78, 5) is 30.0. The fraction of sp³-hybridized carbons (Fsp3) is 0.0769. The van der Waals surface area contributed by atoms with Gasteiger partial charge in [-0.05, 0) is 18.6 Å². The second-order valence-corrected chi connectivity index (χ2v) is 4.07. The van der Waals surface area contributed by atoms with Crippen LogP contribution in [0.4, 0.5) is 14.6 Å². The molecule has 1 aromatic heterocycles. The van der Waals surface area contributed by atoms with Crippen LogP contribution in [0.2, 0.25) is 0 Å². The highest BCUT2D eigenvalue weighted by Gasteiger charge is 2.22. The predicted octanol–water partition coefficient (Wildman–Crippen LogP) is 2.01. The van der Waals surface area contributed by atoms with Crippen LogP contribution in [0, 0.1) is 18.6 Å². The summed E-state index contributed by atoms with van der Waals surface area (Å²) < 4.78 is 27.4. The first-order valence-corrected chi connectivity index (χ1v) is 5.72. The fourth-order valence-corrected chi connectivity index (χ4v) is 1.62. The molecule has 1 aromatic carbocycles. The van der Waals surface area contributed by atoms with E-state index in [2.05, 4.69) is 9.97 Å². The summed E-state index contributed by atoms with van der Waals surface area (Å²) in [6.45, 7) is 1.37. The summed E-state index contributed by atoms with van der Waals surface area (Å²) in [5, 5.41) is 10.9. The number of carbonyl (C=O) groups excluding carboxylic acids is 1. The molecule has 0 aliphatic carbocycles. The van der Waals surface area contributed by atoms with Gasteiger partial charge in [0.05, 0.1) is 0 Å². The molecule has 108 valence electrons. The van der Waals surface area contributed by atoms with Gasteiger partial charge < -0.3 is 10.4 Å². The molecular formula is C13H9F2N3O3. The number of hydrogen-bond acceptors (Lipinski definition) is 4. The molecule has 0 saturated carbocycles. The van der Waals surface area contributed by atoms with Gasteiger partial charge in [0.15, 0.2) is 11.5 Å². The Balaban J connectivity index is 2.40. The van der Waals surface area contributed by atoms with Gasteiger partial charge in [0.1, 0.15) is 17.2 Å². The third-order valence-corrected chi connectivity index (χ3v) is 2.64. The summed E-state index contributed by atoms with van der Waals surface area (Å²) in [7, 11) is 0. The Morgan fingerprint density at radius 2 is 1.86 bits per heavy atom. The van der Waals surface area contributed by atoms with Gasteiger partial charge >= 0.3 is 5.97 Å². The van der Waals surface area contributed by atoms with E-state index < -0.39 is 40.6 Å². The van der Waals surface area contributed by atoms with E-state index in [1.54, 1.807) is 0 Å². The van der Waals surface area contributed by atoms with Crippen molar-refractivity contribution in [1.82, 2.24) is 9.97 Å². The van der Waals surface area contributed by atoms with E-state index in [0.29, 0.717) is 0 Å². The molecule has 0 aliphatic rings. The van der Waals surface area contributed by atoms with E-state index in [-0.39, 0.29) is 5.56 Å². The molecule has 0 spiro atoms. The van der Waals surface area contributed by atoms with Gasteiger partial charge in [0.2, 0.25) is 0 Å². The molecule has 2 rings (SSSR count). The van der Waals surface area contributed by atoms with Crippen LogP contribution >= 0.6 is 0 Å². The molecule has 0 bridgehead atoms. The average Bonchev–Trinajstić information content (AvgIpc) is 2.43. The maximum absolute atomic E-state index is 13.8. The molecule has 1 amide bonds. The van der Waals surface area contributed by atoms with Crippen LogP contribution in [-0.2, 0) is 0 Å². The van der Waals surface area contributed by atoms with Crippen molar-refractivity contribution in [3.63, 3.8) is 0 Å². The molecule has 0 unspecified atom stereocenters. The molecule has 21 heavy (non-hydrogen) atoms. The standard InChI is InChI=1S/C13H9F2N3O3/c1-6-2-3-7(14)8(9(6)15)12(19)18-11-10(13(20)21)16-4-5-17-11/h2-5H,1H3,(H,20,21)(H,17,18,19). The quantitative estimate of drug-likeness (QED) is 0.903. The molecule has 0 saturated heterocycles. The van der Waals surface area contributed by atoms with Gasteiger partial charge in [-0.25, -0.2) is 23.5 Å². The first-order valence-electron chi connectivity index (χ1n) is 5.72. The first kappa shape index (κ1) is 14.5. The van der Waals surface area contributed by atoms with Crippen LogP contribution in [0.5, 0.6) is 0 Å². The van der Waals surface area contributed by atoms with Crippen molar-refractivity contribution in [1.29, 1.82) is 0 Å². The molecule has 1 heterocycles. The molecule has 8 heteroatoms. The summed E-state index contributed by atoms with van der Waals surface area (Å²) in [6.07, 6.45) is 2.26. The monoisotopic (exact) mass is 293 g/mol. The van der Waals surface area contributed by atoms with Crippen molar-refractivity contribution >= 4 is 17.7 Å². The SMILES string of the molecule is Cc1ccc(F)c(C(=O)Nc2nccnc2C(=O)O)c1F. The second-order valence-electron chi connectivity index (χ2n) is 4.07. The summed E-state index contributed by atoms with van der Waals surface area (Å²) >= 11 is 0. The minimum Gasteiger partial charge on any atom is -0.476 e. The van der Waals surface area contributed by atoms with Gasteiger partial charge in [-0.1, -0.05) is 6.07 Å². The third-order valence-electron chi connectivity index (χ3n) is 2.64. The lowest BCUT2D eigenvalue weighted by atomic mass is 10.1. The van der Waals surface area contributed by atoms with E-state index in [1.165, 1.54) is 13.0 Å². The molecule has 6 nitrogen and oxygen atoms in total. The van der Waals surface area contributed by atoms with Crippen LogP contribution in [0.15, 0.2) is 24.5 Å². The summed E-state index contributed by atoms with van der Waals surface area (Å²) in [5.74, 6) is -5.04. The summed E-state index contributed by atoms with van der Waals surface area (Å²) in [6, 6.07) is 2.13. The number of carboxylic acid groups (broad SMARTS) is 1. The van der Waals surface area contributed by atoms with E-state index >= 15 is 0 Å². The Morgan fingerprint density at radius 3 is 2.52 bits per heavy atom. The molecule has 0 aliphatic heterocycles. The Labute approximate surface area is 117 Å². The van der Waals surface area contributed by atoms with E-state index in [4.69, 9.17) is 5.11 Å². The van der Waals surface area contributed by atoms with Crippen molar-refractivity contribution in [3.8, 4) is 0 Å². The van der Waals surface area contributed by atoms with E-state index in [0.717, 1.165) is 18.5 Å². The smallest absolute Gasteiger partial charge is 0.358 e. The van der Waals surface area contributed by atoms with Crippen molar-refractivity contribution in [3.05, 3.63) is 53.0 Å². The van der Waals surface area contributed by atoms with Crippen molar-refractivity contribution in [2.75, 3.05) is 5.32 Å². The normalized spacial score (nSPS) is 10.2. The second kappa shape index (κ2) is 5.61. The predicted molar refractivity (Wildman–Crippen MR) is 68.0 cm³/mol. The fourth-order valence-electron chi connectivity index (χ4n) is 1.62. The molecular weight excluding hydrogens is 284 g/mol. The number of hydrogen-bond donors (Lipinski definition) is 2. The van der Waals surface area contributed by atoms with Crippen molar-refractivity contribution < 1.29 is 23.5 Å². The Kier molecular flexibility index (Phi) is 3.88. The average molecular weight is 293 g/mol. The first-order chi connectivity index (χ1) is 9.91. The summed E-state index contributed by atoms with van der Waals surface area (Å²) in [5.41, 5.74) is -1.25. The number of carbonyl (C=O) groups is 2. The number of benzene rings is 1. The van der Waals surface area contributed by atoms with Crippen LogP contribution in [-0.4, -0.2) is 27.0 Å². The lowest BCUT2D eigenvalue weighted by Gasteiger charge is -2.09. The Hall–Kier alpha value is -2.90. The number of nitrogens with zero attached hydrogens (tertiary/aromatic N) is 2. The minimum absolute atomic E-state index is 0.0825. The number of rotatable bonds is 3. The zero-order valence-electron chi connectivity index (χ0n) is 10.7. The van der Waals surface area contributed by atoms with E-state index in [9.17, 15) is 18.4 Å². The highest BCUT2D eigenvalue weighted by Crippen LogP contribution is 2.18. The van der Waals surface area contributed by atoms with Crippen molar-refractivity contribution in [2.24, 2.45) is 0 Å². The number of aromatic carboxylic acids is 1. The van der Waals surface area contributed by atoms with Crippen LogP contribution in [0.3, 0.4) is 0 Å². The van der Waals surface area contributed by atoms with Gasteiger partial charge in [-0.3, -0.25) is 4.79 Å². The molecule has 0 radical (unpaired) electrons. The number of amides is 1. The minimum atomic E-state index is -1.43. The molecule has 0 fully saturated rings. The Bertz CT molecular complexity index is 735. The molecule has 2 N–H and O–H groups in total. The number of carboxylic acids is 1. The molecule has 2 aromatic rings. The van der Waals surface area contributed by atoms with Gasteiger partial charge in [-0.2, -0.15) is 0 Å². The lowest BCUT2D eigenvalue weighted by molar-refractivity contribution is 0.0691. The number of aromatic nitrogens is 2. The third kappa shape index (κ3) is 2.83. The largest absolute Gasteiger partial charge is 0.476 e. The maximum Gasteiger partial charge on any atom is 0.358 e. The van der Waals surface area contributed by atoms with Gasteiger partial charge in [0.25, 0.3) is 5.91 Å². The maximum atomic E-state index is 13.8. The van der Waals surface area contributed by atoms with Crippen LogP contribution in [0.25, 0.3) is 0 Å². The highest BCUT2D eigenvalue weighted by atomic mass is 19.1. The number of halogens is 2. The number of anilines is 1. The van der Waals surface area contributed by atoms with Crippen LogP contribution < -0.4 is 5.32 Å². The van der Waals surface area contributed by atoms with Gasteiger partial charge in [0, 0.05) is 12.4 Å². The number of nitrogens with one attached hydrogen (secondary N) is 1. The lowest BCUT2D eigenvalue weighted by Crippen LogP contribution is -2.20. The van der Waals surface area contributed by atoms with Gasteiger partial charge in [-0.15, -0.1) is 0 Å². The van der Waals surface area contributed by atoms with E-state index in [1.807, 2.05) is 5.32 Å². The van der Waals surface area contributed by atoms with Crippen molar-refractivity contribution in [2.45, 2.75) is 6.92 Å².